The van der Waals surface area contributed by atoms with Crippen LogP contribution in [0.4, 0.5) is 0 Å². The Morgan fingerprint density at radius 1 is 1.45 bits per heavy atom. The van der Waals surface area contributed by atoms with Crippen LogP contribution in [0.15, 0.2) is 30.3 Å². The average Bonchev–Trinajstić information content (AvgIpc) is 2.48. The molecule has 1 aliphatic heterocycles. The molecule has 1 amide bonds. The summed E-state index contributed by atoms with van der Waals surface area (Å²) in [6.07, 6.45) is 1.65. The van der Waals surface area contributed by atoms with E-state index in [1.54, 1.807) is 0 Å². The van der Waals surface area contributed by atoms with Crippen LogP contribution in [0.3, 0.4) is 0 Å². The normalized spacial score (nSPS) is 23.5. The van der Waals surface area contributed by atoms with E-state index in [0.29, 0.717) is 6.54 Å². The molecule has 1 aromatic carbocycles. The third-order valence-electron chi connectivity index (χ3n) is 3.53. The summed E-state index contributed by atoms with van der Waals surface area (Å²) in [6.45, 7) is 3.09. The zero-order valence-corrected chi connectivity index (χ0v) is 12.6. The van der Waals surface area contributed by atoms with Gasteiger partial charge in [-0.15, -0.1) is 12.4 Å². The van der Waals surface area contributed by atoms with Crippen molar-refractivity contribution in [3.8, 4) is 0 Å². The van der Waals surface area contributed by atoms with Crippen LogP contribution in [-0.2, 0) is 9.53 Å². The van der Waals surface area contributed by atoms with Gasteiger partial charge in [0, 0.05) is 19.2 Å². The Labute approximate surface area is 126 Å². The summed E-state index contributed by atoms with van der Waals surface area (Å²) >= 11 is 0. The van der Waals surface area contributed by atoms with Crippen LogP contribution in [0.25, 0.3) is 0 Å². The molecule has 4 nitrogen and oxygen atoms in total. The van der Waals surface area contributed by atoms with Crippen molar-refractivity contribution in [2.75, 3.05) is 13.2 Å². The highest BCUT2D eigenvalue weighted by Gasteiger charge is 2.33. The van der Waals surface area contributed by atoms with E-state index in [0.717, 1.165) is 25.0 Å². The summed E-state index contributed by atoms with van der Waals surface area (Å²) in [4.78, 5) is 12.3. The highest BCUT2D eigenvalue weighted by atomic mass is 35.5. The molecule has 0 aliphatic carbocycles. The zero-order valence-electron chi connectivity index (χ0n) is 11.7. The lowest BCUT2D eigenvalue weighted by atomic mass is 9.88. The van der Waals surface area contributed by atoms with Crippen molar-refractivity contribution in [3.63, 3.8) is 0 Å². The molecule has 20 heavy (non-hydrogen) atoms. The number of benzene rings is 1. The van der Waals surface area contributed by atoms with E-state index < -0.39 is 0 Å². The third-order valence-corrected chi connectivity index (χ3v) is 3.53. The smallest absolute Gasteiger partial charge is 0.226 e. The number of nitrogens with two attached hydrogens (primary N) is 1. The summed E-state index contributed by atoms with van der Waals surface area (Å²) < 4.78 is 5.82. The minimum Gasteiger partial charge on any atom is -0.373 e. The molecule has 0 bridgehead atoms. The van der Waals surface area contributed by atoms with Crippen molar-refractivity contribution in [2.45, 2.75) is 31.9 Å². The maximum atomic E-state index is 12.3. The maximum Gasteiger partial charge on any atom is 0.226 e. The molecule has 0 aromatic heterocycles. The van der Waals surface area contributed by atoms with E-state index in [9.17, 15) is 4.79 Å². The fourth-order valence-corrected chi connectivity index (χ4v) is 2.43. The van der Waals surface area contributed by atoms with Crippen LogP contribution in [0, 0.1) is 5.92 Å². The second kappa shape index (κ2) is 8.25. The van der Waals surface area contributed by atoms with Crippen LogP contribution in [0.2, 0.25) is 0 Å². The van der Waals surface area contributed by atoms with E-state index >= 15 is 0 Å². The molecule has 1 aromatic rings. The number of amides is 1. The SMILES string of the molecule is C[C@@H](CN)NC(=O)C1CCCOC1c1ccccc1.Cl. The van der Waals surface area contributed by atoms with Crippen LogP contribution < -0.4 is 11.1 Å². The Kier molecular flexibility index (Phi) is 6.99. The van der Waals surface area contributed by atoms with Gasteiger partial charge in [0.2, 0.25) is 5.91 Å². The summed E-state index contributed by atoms with van der Waals surface area (Å²) in [7, 11) is 0. The van der Waals surface area contributed by atoms with E-state index in [-0.39, 0.29) is 36.4 Å². The molecule has 2 unspecified atom stereocenters. The molecular weight excluding hydrogens is 276 g/mol. The number of halogens is 1. The number of hydrogen-bond acceptors (Lipinski definition) is 3. The molecule has 3 N–H and O–H groups in total. The summed E-state index contributed by atoms with van der Waals surface area (Å²) in [5.74, 6) is -0.0725. The maximum absolute atomic E-state index is 12.3. The Bertz CT molecular complexity index is 414. The number of nitrogens with one attached hydrogen (secondary N) is 1. The molecule has 3 atom stereocenters. The van der Waals surface area contributed by atoms with E-state index in [1.807, 2.05) is 37.3 Å². The van der Waals surface area contributed by atoms with Gasteiger partial charge in [-0.2, -0.15) is 0 Å². The van der Waals surface area contributed by atoms with E-state index in [4.69, 9.17) is 10.5 Å². The van der Waals surface area contributed by atoms with Crippen molar-refractivity contribution in [1.29, 1.82) is 0 Å². The molecule has 0 saturated carbocycles. The van der Waals surface area contributed by atoms with Crippen LogP contribution in [-0.4, -0.2) is 25.1 Å². The van der Waals surface area contributed by atoms with Gasteiger partial charge in [-0.1, -0.05) is 30.3 Å². The fraction of sp³-hybridized carbons (Fsp3) is 0.533. The van der Waals surface area contributed by atoms with Crippen molar-refractivity contribution in [1.82, 2.24) is 5.32 Å². The Morgan fingerprint density at radius 3 is 2.80 bits per heavy atom. The van der Waals surface area contributed by atoms with Gasteiger partial charge in [-0.25, -0.2) is 0 Å². The van der Waals surface area contributed by atoms with Crippen molar-refractivity contribution in [2.24, 2.45) is 11.7 Å². The van der Waals surface area contributed by atoms with E-state index in [2.05, 4.69) is 5.32 Å². The quantitative estimate of drug-likeness (QED) is 0.894. The molecule has 0 spiro atoms. The molecule has 1 saturated heterocycles. The average molecular weight is 299 g/mol. The molecule has 1 fully saturated rings. The molecule has 2 rings (SSSR count). The molecule has 1 heterocycles. The number of hydrogen-bond donors (Lipinski definition) is 2. The first kappa shape index (κ1) is 17.0. The lowest BCUT2D eigenvalue weighted by Crippen LogP contribution is -2.44. The van der Waals surface area contributed by atoms with Crippen LogP contribution in [0.1, 0.15) is 31.4 Å². The monoisotopic (exact) mass is 298 g/mol. The van der Waals surface area contributed by atoms with Gasteiger partial charge in [-0.3, -0.25) is 4.79 Å². The molecule has 0 radical (unpaired) electrons. The van der Waals surface area contributed by atoms with Gasteiger partial charge >= 0.3 is 0 Å². The predicted octanol–water partition coefficient (Wildman–Crippen LogP) is 2.04. The van der Waals surface area contributed by atoms with E-state index in [1.165, 1.54) is 0 Å². The van der Waals surface area contributed by atoms with Crippen LogP contribution in [0.5, 0.6) is 0 Å². The van der Waals surface area contributed by atoms with Crippen molar-refractivity contribution >= 4 is 18.3 Å². The molecular formula is C15H23ClN2O2. The number of carbonyl (C=O) groups is 1. The van der Waals surface area contributed by atoms with Gasteiger partial charge in [0.25, 0.3) is 0 Å². The summed E-state index contributed by atoms with van der Waals surface area (Å²) in [6, 6.07) is 9.96. The second-order valence-electron chi connectivity index (χ2n) is 5.10. The van der Waals surface area contributed by atoms with Gasteiger partial charge in [0.1, 0.15) is 0 Å². The van der Waals surface area contributed by atoms with Gasteiger partial charge in [0.15, 0.2) is 0 Å². The highest BCUT2D eigenvalue weighted by Crippen LogP contribution is 2.33. The molecule has 5 heteroatoms. The first-order chi connectivity index (χ1) is 9.22. The lowest BCUT2D eigenvalue weighted by molar-refractivity contribution is -0.135. The Hall–Kier alpha value is -1.10. The topological polar surface area (TPSA) is 64.3 Å². The largest absolute Gasteiger partial charge is 0.373 e. The lowest BCUT2D eigenvalue weighted by Gasteiger charge is -2.32. The van der Waals surface area contributed by atoms with Crippen molar-refractivity contribution < 1.29 is 9.53 Å². The van der Waals surface area contributed by atoms with Gasteiger partial charge in [0.05, 0.1) is 12.0 Å². The zero-order chi connectivity index (χ0) is 13.7. The Morgan fingerprint density at radius 2 is 2.15 bits per heavy atom. The van der Waals surface area contributed by atoms with Gasteiger partial charge in [-0.05, 0) is 25.3 Å². The minimum atomic E-state index is -0.139. The first-order valence-electron chi connectivity index (χ1n) is 6.89. The van der Waals surface area contributed by atoms with Crippen LogP contribution >= 0.6 is 12.4 Å². The standard InChI is InChI=1S/C15H22N2O2.ClH/c1-11(10-16)17-15(18)13-8-5-9-19-14(13)12-6-3-2-4-7-12;/h2-4,6-7,11,13-14H,5,8-10,16H2,1H3,(H,17,18);1H/t11-,13?,14?;/m0./s1. The molecule has 1 aliphatic rings. The fourth-order valence-electron chi connectivity index (χ4n) is 2.43. The second-order valence-corrected chi connectivity index (χ2v) is 5.10. The summed E-state index contributed by atoms with van der Waals surface area (Å²) in [5, 5.41) is 2.96. The van der Waals surface area contributed by atoms with Gasteiger partial charge < -0.3 is 15.8 Å². The minimum absolute atomic E-state index is 0. The molecule has 112 valence electrons. The number of carbonyl (C=O) groups excluding carboxylic acids is 1. The number of rotatable bonds is 4. The van der Waals surface area contributed by atoms with Crippen molar-refractivity contribution in [3.05, 3.63) is 35.9 Å². The summed E-state index contributed by atoms with van der Waals surface area (Å²) in [5.41, 5.74) is 6.62. The predicted molar refractivity (Wildman–Crippen MR) is 81.8 cm³/mol. The number of ether oxygens (including phenoxy) is 1. The first-order valence-corrected chi connectivity index (χ1v) is 6.89. The highest BCUT2D eigenvalue weighted by molar-refractivity contribution is 5.85. The third kappa shape index (κ3) is 4.20. The Balaban J connectivity index is 0.00000200.